The third-order valence-electron chi connectivity index (χ3n) is 3.23. The lowest BCUT2D eigenvalue weighted by Gasteiger charge is -2.37. The molecule has 1 saturated heterocycles. The average Bonchev–Trinajstić information content (AvgIpc) is 2.24. The van der Waals surface area contributed by atoms with Crippen LogP contribution in [-0.4, -0.2) is 48.3 Å². The van der Waals surface area contributed by atoms with Crippen molar-refractivity contribution in [2.24, 2.45) is 5.92 Å². The predicted octanol–water partition coefficient (Wildman–Crippen LogP) is 1.60. The second-order valence-corrected chi connectivity index (χ2v) is 4.49. The lowest BCUT2D eigenvalue weighted by molar-refractivity contribution is -0.147. The zero-order valence-corrected chi connectivity index (χ0v) is 10.3. The van der Waals surface area contributed by atoms with Gasteiger partial charge in [0, 0.05) is 19.8 Å². The van der Waals surface area contributed by atoms with Gasteiger partial charge in [0.1, 0.15) is 6.04 Å². The van der Waals surface area contributed by atoms with Crippen molar-refractivity contribution in [1.82, 2.24) is 4.90 Å². The van der Waals surface area contributed by atoms with Gasteiger partial charge in [0.05, 0.1) is 0 Å². The Bertz CT molecular complexity index is 220. The number of ether oxygens (including phenoxy) is 1. The first-order valence-corrected chi connectivity index (χ1v) is 6.21. The highest BCUT2D eigenvalue weighted by Gasteiger charge is 2.33. The minimum atomic E-state index is -0.677. The molecular formula is C12H23NO3. The van der Waals surface area contributed by atoms with E-state index in [1.807, 2.05) is 13.8 Å². The van der Waals surface area contributed by atoms with E-state index in [4.69, 9.17) is 4.74 Å². The zero-order chi connectivity index (χ0) is 12.0. The third-order valence-corrected chi connectivity index (χ3v) is 3.23. The largest absolute Gasteiger partial charge is 0.480 e. The van der Waals surface area contributed by atoms with E-state index >= 15 is 0 Å². The minimum Gasteiger partial charge on any atom is -0.480 e. The zero-order valence-electron chi connectivity index (χ0n) is 10.3. The van der Waals surface area contributed by atoms with Gasteiger partial charge >= 0.3 is 5.97 Å². The number of likely N-dealkylation sites (tertiary alicyclic amines) is 1. The number of carboxylic acid groups (broad SMARTS) is 1. The molecule has 94 valence electrons. The number of hydrogen-bond donors (Lipinski definition) is 1. The second-order valence-electron chi connectivity index (χ2n) is 4.49. The normalized spacial score (nSPS) is 26.9. The molecule has 0 bridgehead atoms. The van der Waals surface area contributed by atoms with E-state index in [-0.39, 0.29) is 12.0 Å². The van der Waals surface area contributed by atoms with Crippen LogP contribution >= 0.6 is 0 Å². The summed E-state index contributed by atoms with van der Waals surface area (Å²) in [7, 11) is 0. The Morgan fingerprint density at radius 3 is 2.94 bits per heavy atom. The Morgan fingerprint density at radius 1 is 1.56 bits per heavy atom. The number of piperidine rings is 1. The molecule has 0 amide bonds. The van der Waals surface area contributed by atoms with Gasteiger partial charge in [-0.3, -0.25) is 9.69 Å². The smallest absolute Gasteiger partial charge is 0.321 e. The van der Waals surface area contributed by atoms with E-state index in [0.29, 0.717) is 0 Å². The minimum absolute atomic E-state index is 0.262. The Balaban J connectivity index is 2.39. The van der Waals surface area contributed by atoms with Gasteiger partial charge in [0.2, 0.25) is 0 Å². The molecule has 1 N–H and O–H groups in total. The molecule has 1 aliphatic rings. The predicted molar refractivity (Wildman–Crippen MR) is 62.5 cm³/mol. The lowest BCUT2D eigenvalue weighted by Crippen LogP contribution is -2.49. The van der Waals surface area contributed by atoms with Crippen LogP contribution < -0.4 is 0 Å². The fourth-order valence-electron chi connectivity index (χ4n) is 2.44. The van der Waals surface area contributed by atoms with Gasteiger partial charge < -0.3 is 9.84 Å². The summed E-state index contributed by atoms with van der Waals surface area (Å²) < 4.78 is 5.27. The van der Waals surface area contributed by atoms with Crippen LogP contribution in [0.4, 0.5) is 0 Å². The van der Waals surface area contributed by atoms with Crippen LogP contribution in [0, 0.1) is 5.92 Å². The number of hydrogen-bond acceptors (Lipinski definition) is 3. The topological polar surface area (TPSA) is 49.8 Å². The van der Waals surface area contributed by atoms with E-state index in [1.54, 1.807) is 0 Å². The molecule has 1 heterocycles. The van der Waals surface area contributed by atoms with E-state index in [1.165, 1.54) is 0 Å². The summed E-state index contributed by atoms with van der Waals surface area (Å²) in [5.41, 5.74) is 0. The SMILES string of the molecule is CCOCCCN1CCCC(C)C1C(=O)O. The third kappa shape index (κ3) is 3.76. The molecule has 1 aliphatic heterocycles. The van der Waals surface area contributed by atoms with Crippen molar-refractivity contribution in [3.63, 3.8) is 0 Å². The molecular weight excluding hydrogens is 206 g/mol. The molecule has 0 aromatic heterocycles. The average molecular weight is 229 g/mol. The van der Waals surface area contributed by atoms with Crippen LogP contribution in [0.1, 0.15) is 33.1 Å². The molecule has 0 aromatic rings. The molecule has 1 fully saturated rings. The standard InChI is InChI=1S/C12H23NO3/c1-3-16-9-5-8-13-7-4-6-10(2)11(13)12(14)15/h10-11H,3-9H2,1-2H3,(H,14,15). The molecule has 0 saturated carbocycles. The fourth-order valence-corrected chi connectivity index (χ4v) is 2.44. The van der Waals surface area contributed by atoms with Gasteiger partial charge in [-0.15, -0.1) is 0 Å². The van der Waals surface area contributed by atoms with Gasteiger partial charge in [-0.1, -0.05) is 6.92 Å². The molecule has 4 heteroatoms. The highest BCUT2D eigenvalue weighted by Crippen LogP contribution is 2.23. The Kier molecular flexibility index (Phi) is 5.77. The summed E-state index contributed by atoms with van der Waals surface area (Å²) in [4.78, 5) is 13.3. The van der Waals surface area contributed by atoms with E-state index in [0.717, 1.165) is 45.6 Å². The molecule has 1 rings (SSSR count). The molecule has 2 atom stereocenters. The molecule has 2 unspecified atom stereocenters. The van der Waals surface area contributed by atoms with Gasteiger partial charge in [0.15, 0.2) is 0 Å². The van der Waals surface area contributed by atoms with Gasteiger partial charge in [-0.25, -0.2) is 0 Å². The van der Waals surface area contributed by atoms with Crippen molar-refractivity contribution in [3.05, 3.63) is 0 Å². The molecule has 0 aromatic carbocycles. The summed E-state index contributed by atoms with van der Waals surface area (Å²) >= 11 is 0. The number of aliphatic carboxylic acids is 1. The first-order chi connectivity index (χ1) is 7.66. The van der Waals surface area contributed by atoms with Crippen molar-refractivity contribution in [1.29, 1.82) is 0 Å². The number of rotatable bonds is 6. The number of carboxylic acids is 1. The van der Waals surface area contributed by atoms with Crippen molar-refractivity contribution in [2.45, 2.75) is 39.2 Å². The fraction of sp³-hybridized carbons (Fsp3) is 0.917. The Labute approximate surface area is 97.6 Å². The van der Waals surface area contributed by atoms with Crippen LogP contribution in [0.25, 0.3) is 0 Å². The van der Waals surface area contributed by atoms with Gasteiger partial charge in [-0.05, 0) is 38.6 Å². The van der Waals surface area contributed by atoms with Crippen molar-refractivity contribution < 1.29 is 14.6 Å². The summed E-state index contributed by atoms with van der Waals surface area (Å²) in [6, 6.07) is -0.296. The monoisotopic (exact) mass is 229 g/mol. The quantitative estimate of drug-likeness (QED) is 0.703. The van der Waals surface area contributed by atoms with Crippen LogP contribution in [0.2, 0.25) is 0 Å². The van der Waals surface area contributed by atoms with Crippen molar-refractivity contribution >= 4 is 5.97 Å². The first-order valence-electron chi connectivity index (χ1n) is 6.21. The van der Waals surface area contributed by atoms with Crippen molar-refractivity contribution in [3.8, 4) is 0 Å². The summed E-state index contributed by atoms with van der Waals surface area (Å²) in [5, 5.41) is 9.21. The Morgan fingerprint density at radius 2 is 2.31 bits per heavy atom. The summed E-state index contributed by atoms with van der Waals surface area (Å²) in [5.74, 6) is -0.415. The molecule has 4 nitrogen and oxygen atoms in total. The highest BCUT2D eigenvalue weighted by atomic mass is 16.5. The maximum Gasteiger partial charge on any atom is 0.321 e. The number of carbonyl (C=O) groups is 1. The van der Waals surface area contributed by atoms with Gasteiger partial charge in [0.25, 0.3) is 0 Å². The maximum atomic E-state index is 11.2. The van der Waals surface area contributed by atoms with E-state index < -0.39 is 5.97 Å². The van der Waals surface area contributed by atoms with Gasteiger partial charge in [-0.2, -0.15) is 0 Å². The highest BCUT2D eigenvalue weighted by molar-refractivity contribution is 5.74. The Hall–Kier alpha value is -0.610. The lowest BCUT2D eigenvalue weighted by atomic mass is 9.91. The number of nitrogens with zero attached hydrogens (tertiary/aromatic N) is 1. The molecule has 0 radical (unpaired) electrons. The van der Waals surface area contributed by atoms with Crippen LogP contribution in [-0.2, 0) is 9.53 Å². The van der Waals surface area contributed by atoms with Crippen LogP contribution in [0.15, 0.2) is 0 Å². The maximum absolute atomic E-state index is 11.2. The summed E-state index contributed by atoms with van der Waals surface area (Å²) in [6.07, 6.45) is 3.06. The van der Waals surface area contributed by atoms with E-state index in [9.17, 15) is 9.90 Å². The van der Waals surface area contributed by atoms with E-state index in [2.05, 4.69) is 4.90 Å². The molecule has 0 aliphatic carbocycles. The summed E-state index contributed by atoms with van der Waals surface area (Å²) in [6.45, 7) is 7.22. The second kappa shape index (κ2) is 6.86. The van der Waals surface area contributed by atoms with Crippen LogP contribution in [0.3, 0.4) is 0 Å². The molecule has 16 heavy (non-hydrogen) atoms. The van der Waals surface area contributed by atoms with Crippen molar-refractivity contribution in [2.75, 3.05) is 26.3 Å². The molecule has 0 spiro atoms. The first kappa shape index (κ1) is 13.5. The van der Waals surface area contributed by atoms with Crippen LogP contribution in [0.5, 0.6) is 0 Å².